The van der Waals surface area contributed by atoms with Gasteiger partial charge in [-0.3, -0.25) is 28.9 Å². The van der Waals surface area contributed by atoms with Crippen LogP contribution in [0.3, 0.4) is 0 Å². The van der Waals surface area contributed by atoms with Crippen molar-refractivity contribution < 1.29 is 24.2 Å². The number of amides is 3. The van der Waals surface area contributed by atoms with Crippen molar-refractivity contribution >= 4 is 34.2 Å². The summed E-state index contributed by atoms with van der Waals surface area (Å²) in [6.07, 6.45) is 6.53. The summed E-state index contributed by atoms with van der Waals surface area (Å²) in [5.41, 5.74) is 3.73. The summed E-state index contributed by atoms with van der Waals surface area (Å²) in [5.74, 6) is -3.76. The van der Waals surface area contributed by atoms with Crippen molar-refractivity contribution in [2.45, 2.75) is 62.4 Å². The summed E-state index contributed by atoms with van der Waals surface area (Å²) >= 11 is 0. The second-order valence-electron chi connectivity index (χ2n) is 13.2. The van der Waals surface area contributed by atoms with Gasteiger partial charge in [0.1, 0.15) is 12.1 Å². The molecule has 1 aromatic heterocycles. The van der Waals surface area contributed by atoms with Gasteiger partial charge in [0.05, 0.1) is 5.92 Å². The standard InChI is InChI=1S/C34H37N5O5/c1-33(32(42)39-27(15-20-9-5-4-6-10-20)31(41)38-14-8-13-28(38)34(39,43)44-33)35-30(40)22-16-24-23-11-7-12-25-29(23)21(18-36(25)2)17-26(24)37(3)19-22/h4-7,9-12,16,18,22,26-28,43H,8,13-15,17,19H2,1-3H3,(H,35,40)/t22-,26-,27?,28+,33-,34+/m1/s1. The van der Waals surface area contributed by atoms with Gasteiger partial charge < -0.3 is 19.9 Å². The molecule has 3 aromatic rings. The predicted molar refractivity (Wildman–Crippen MR) is 163 cm³/mol. The lowest BCUT2D eigenvalue weighted by atomic mass is 9.79. The molecule has 3 amide bonds. The van der Waals surface area contributed by atoms with Crippen LogP contribution in [0, 0.1) is 5.92 Å². The normalized spacial score (nSPS) is 32.9. The Hall–Kier alpha value is -3.99. The number of benzene rings is 2. The van der Waals surface area contributed by atoms with Crippen LogP contribution < -0.4 is 5.32 Å². The second-order valence-corrected chi connectivity index (χ2v) is 13.2. The quantitative estimate of drug-likeness (QED) is 0.478. The van der Waals surface area contributed by atoms with Crippen molar-refractivity contribution in [1.29, 1.82) is 0 Å². The minimum atomic E-state index is -2.04. The van der Waals surface area contributed by atoms with Crippen molar-refractivity contribution in [2.24, 2.45) is 13.0 Å². The zero-order valence-corrected chi connectivity index (χ0v) is 25.2. The van der Waals surface area contributed by atoms with E-state index >= 15 is 0 Å². The van der Waals surface area contributed by atoms with Crippen molar-refractivity contribution in [2.75, 3.05) is 20.1 Å². The number of aryl methyl sites for hydroxylation is 1. The summed E-state index contributed by atoms with van der Waals surface area (Å²) < 4.78 is 8.40. The average molecular weight is 596 g/mol. The van der Waals surface area contributed by atoms with Crippen LogP contribution in [0.1, 0.15) is 36.5 Å². The number of likely N-dealkylation sites (N-methyl/N-ethyl adjacent to an activating group) is 1. The number of ether oxygens (including phenoxy) is 1. The molecule has 0 spiro atoms. The Labute approximate surface area is 255 Å². The van der Waals surface area contributed by atoms with E-state index in [1.165, 1.54) is 22.8 Å². The molecule has 10 heteroatoms. The average Bonchev–Trinajstić information content (AvgIpc) is 3.68. The predicted octanol–water partition coefficient (Wildman–Crippen LogP) is 2.00. The Kier molecular flexibility index (Phi) is 5.95. The van der Waals surface area contributed by atoms with Gasteiger partial charge in [-0.25, -0.2) is 0 Å². The molecule has 6 atom stereocenters. The molecule has 44 heavy (non-hydrogen) atoms. The molecule has 228 valence electrons. The first-order chi connectivity index (χ1) is 21.1. The number of hydrogen-bond donors (Lipinski definition) is 2. The van der Waals surface area contributed by atoms with Gasteiger partial charge in [0, 0.05) is 49.7 Å². The van der Waals surface area contributed by atoms with Crippen molar-refractivity contribution in [3.63, 3.8) is 0 Å². The number of nitrogens with zero attached hydrogens (tertiary/aromatic N) is 4. The van der Waals surface area contributed by atoms with Gasteiger partial charge in [0.2, 0.25) is 17.5 Å². The Bertz CT molecular complexity index is 1750. The Morgan fingerprint density at radius 1 is 1.11 bits per heavy atom. The first-order valence-corrected chi connectivity index (χ1v) is 15.5. The van der Waals surface area contributed by atoms with E-state index in [4.69, 9.17) is 4.74 Å². The number of nitrogens with one attached hydrogen (secondary N) is 1. The zero-order valence-electron chi connectivity index (χ0n) is 25.2. The van der Waals surface area contributed by atoms with E-state index in [1.807, 2.05) is 43.5 Å². The van der Waals surface area contributed by atoms with Crippen LogP contribution >= 0.6 is 0 Å². The van der Waals surface area contributed by atoms with E-state index in [0.717, 1.165) is 28.6 Å². The molecule has 8 rings (SSSR count). The number of aliphatic hydroxyl groups is 1. The van der Waals surface area contributed by atoms with Gasteiger partial charge >= 0.3 is 0 Å². The molecular formula is C34H37N5O5. The highest BCUT2D eigenvalue weighted by Crippen LogP contribution is 2.46. The third-order valence-corrected chi connectivity index (χ3v) is 10.4. The lowest BCUT2D eigenvalue weighted by Crippen LogP contribution is -2.71. The number of carbonyl (C=O) groups is 3. The Balaban J connectivity index is 1.11. The van der Waals surface area contributed by atoms with E-state index in [1.54, 1.807) is 4.90 Å². The summed E-state index contributed by atoms with van der Waals surface area (Å²) in [5, 5.41) is 16.2. The molecule has 1 aliphatic carbocycles. The topological polar surface area (TPSA) is 107 Å². The molecule has 2 aromatic carbocycles. The minimum Gasteiger partial charge on any atom is -0.350 e. The van der Waals surface area contributed by atoms with Gasteiger partial charge in [-0.05, 0) is 61.6 Å². The fourth-order valence-corrected chi connectivity index (χ4v) is 8.40. The fourth-order valence-electron chi connectivity index (χ4n) is 8.40. The Morgan fingerprint density at radius 2 is 1.91 bits per heavy atom. The Morgan fingerprint density at radius 3 is 2.70 bits per heavy atom. The van der Waals surface area contributed by atoms with Crippen molar-refractivity contribution in [1.82, 2.24) is 24.6 Å². The second kappa shape index (κ2) is 9.50. The van der Waals surface area contributed by atoms with Crippen LogP contribution in [0.5, 0.6) is 0 Å². The lowest BCUT2D eigenvalue weighted by molar-refractivity contribution is -0.315. The smallest absolute Gasteiger partial charge is 0.280 e. The van der Waals surface area contributed by atoms with Gasteiger partial charge in [-0.2, -0.15) is 0 Å². The SMILES string of the molecule is CN1C[C@H](C(=O)N[C@]2(C)O[C@@]3(O)[C@@H]4CCCN4C(=O)C(Cc4ccccc4)N3C2=O)C=C2c3cccc4c3c(cn4C)C[C@H]21. The highest BCUT2D eigenvalue weighted by Gasteiger charge is 2.70. The van der Waals surface area contributed by atoms with Gasteiger partial charge in [0.15, 0.2) is 0 Å². The van der Waals surface area contributed by atoms with E-state index < -0.39 is 35.5 Å². The molecule has 0 radical (unpaired) electrons. The molecule has 0 bridgehead atoms. The molecule has 4 aliphatic heterocycles. The molecule has 3 fully saturated rings. The minimum absolute atomic E-state index is 0.146. The van der Waals surface area contributed by atoms with E-state index in [9.17, 15) is 19.5 Å². The van der Waals surface area contributed by atoms with Gasteiger partial charge in [0.25, 0.3) is 11.8 Å². The van der Waals surface area contributed by atoms with E-state index in [2.05, 4.69) is 46.2 Å². The largest absolute Gasteiger partial charge is 0.350 e. The molecule has 2 N–H and O–H groups in total. The van der Waals surface area contributed by atoms with Crippen LogP contribution in [0.25, 0.3) is 16.5 Å². The summed E-state index contributed by atoms with van der Waals surface area (Å²) in [6, 6.07) is 14.2. The first kappa shape index (κ1) is 27.6. The maximum atomic E-state index is 14.2. The monoisotopic (exact) mass is 595 g/mol. The van der Waals surface area contributed by atoms with E-state index in [0.29, 0.717) is 25.9 Å². The molecule has 5 heterocycles. The number of hydrogen-bond acceptors (Lipinski definition) is 6. The summed E-state index contributed by atoms with van der Waals surface area (Å²) in [6.45, 7) is 2.46. The van der Waals surface area contributed by atoms with E-state index in [-0.39, 0.29) is 24.3 Å². The highest BCUT2D eigenvalue weighted by molar-refractivity contribution is 6.01. The molecular weight excluding hydrogens is 558 g/mol. The fraction of sp³-hybridized carbons (Fsp3) is 0.441. The number of aromatic nitrogens is 1. The van der Waals surface area contributed by atoms with Crippen molar-refractivity contribution in [3.05, 3.63) is 77.5 Å². The number of piperazine rings is 1. The van der Waals surface area contributed by atoms with Crippen LogP contribution in [-0.4, -0.2) is 92.0 Å². The summed E-state index contributed by atoms with van der Waals surface area (Å²) in [4.78, 5) is 47.0. The van der Waals surface area contributed by atoms with Crippen LogP contribution in [-0.2, 0) is 39.0 Å². The highest BCUT2D eigenvalue weighted by atomic mass is 16.7. The van der Waals surface area contributed by atoms with Crippen LogP contribution in [0.4, 0.5) is 0 Å². The first-order valence-electron chi connectivity index (χ1n) is 15.5. The maximum absolute atomic E-state index is 14.2. The maximum Gasteiger partial charge on any atom is 0.280 e. The molecule has 5 aliphatic rings. The number of carbonyl (C=O) groups excluding carboxylic acids is 3. The molecule has 3 saturated heterocycles. The lowest BCUT2D eigenvalue weighted by Gasteiger charge is -2.48. The third kappa shape index (κ3) is 3.80. The van der Waals surface area contributed by atoms with Gasteiger partial charge in [-0.15, -0.1) is 0 Å². The zero-order chi connectivity index (χ0) is 30.5. The molecule has 1 unspecified atom stereocenters. The number of rotatable bonds is 4. The van der Waals surface area contributed by atoms with Crippen LogP contribution in [0.15, 0.2) is 60.8 Å². The summed E-state index contributed by atoms with van der Waals surface area (Å²) in [7, 11) is 4.09. The molecule has 10 nitrogen and oxygen atoms in total. The third-order valence-electron chi connectivity index (χ3n) is 10.4. The number of fused-ring (bicyclic) bond motifs is 5. The van der Waals surface area contributed by atoms with Crippen LogP contribution in [0.2, 0.25) is 0 Å². The molecule has 0 saturated carbocycles. The van der Waals surface area contributed by atoms with Gasteiger partial charge in [-0.1, -0.05) is 48.5 Å². The van der Waals surface area contributed by atoms with Crippen molar-refractivity contribution in [3.8, 4) is 0 Å².